The number of nitrogens with one attached hydrogen (secondary N) is 1. The predicted molar refractivity (Wildman–Crippen MR) is 68.5 cm³/mol. The second kappa shape index (κ2) is 5.90. The molecule has 2 amide bonds. The molecule has 0 saturated carbocycles. The molecule has 0 fully saturated rings. The number of hydrogen-bond donors (Lipinski definition) is 4. The Morgan fingerprint density at radius 1 is 1.33 bits per heavy atom. The van der Waals surface area contributed by atoms with Gasteiger partial charge in [0.15, 0.2) is 5.75 Å². The lowest BCUT2D eigenvalue weighted by Gasteiger charge is -2.11. The molecule has 0 aliphatic rings. The van der Waals surface area contributed by atoms with E-state index >= 15 is 0 Å². The second-order valence-electron chi connectivity index (χ2n) is 3.55. The SMILES string of the molecule is NC(=O)CC(N)C(=O)Nc1cc(Cl)c(O)c(Cl)c1. The minimum atomic E-state index is -1.06. The van der Waals surface area contributed by atoms with E-state index in [1.54, 1.807) is 0 Å². The van der Waals surface area contributed by atoms with Crippen LogP contribution in [0.25, 0.3) is 0 Å². The Balaban J connectivity index is 2.79. The fourth-order valence-corrected chi connectivity index (χ4v) is 1.67. The van der Waals surface area contributed by atoms with Gasteiger partial charge in [0, 0.05) is 5.69 Å². The molecule has 0 radical (unpaired) electrons. The minimum Gasteiger partial charge on any atom is -0.505 e. The smallest absolute Gasteiger partial charge is 0.241 e. The standard InChI is InChI=1S/C10H11Cl2N3O3/c11-5-1-4(2-6(12)9(5)17)15-10(18)7(13)3-8(14)16/h1-2,7,17H,3,13H2,(H2,14,16)(H,15,18). The van der Waals surface area contributed by atoms with Crippen LogP contribution in [0, 0.1) is 0 Å². The average molecular weight is 292 g/mol. The van der Waals surface area contributed by atoms with Crippen LogP contribution in [0.5, 0.6) is 5.75 Å². The molecule has 98 valence electrons. The van der Waals surface area contributed by atoms with Crippen LogP contribution in [0.3, 0.4) is 0 Å². The topological polar surface area (TPSA) is 118 Å². The molecule has 0 aromatic heterocycles. The Morgan fingerprint density at radius 3 is 2.28 bits per heavy atom. The molecule has 6 N–H and O–H groups in total. The Kier molecular flexibility index (Phi) is 4.77. The van der Waals surface area contributed by atoms with Crippen molar-refractivity contribution >= 4 is 40.7 Å². The van der Waals surface area contributed by atoms with Gasteiger partial charge in [-0.25, -0.2) is 0 Å². The van der Waals surface area contributed by atoms with Gasteiger partial charge in [0.1, 0.15) is 0 Å². The monoisotopic (exact) mass is 291 g/mol. The lowest BCUT2D eigenvalue weighted by atomic mass is 10.2. The van der Waals surface area contributed by atoms with Crippen LogP contribution in [0.1, 0.15) is 6.42 Å². The first-order valence-electron chi connectivity index (χ1n) is 4.84. The Hall–Kier alpha value is -1.50. The van der Waals surface area contributed by atoms with Crippen LogP contribution < -0.4 is 16.8 Å². The van der Waals surface area contributed by atoms with Gasteiger partial charge in [-0.2, -0.15) is 0 Å². The van der Waals surface area contributed by atoms with Crippen molar-refractivity contribution in [3.63, 3.8) is 0 Å². The number of amides is 2. The molecule has 0 bridgehead atoms. The van der Waals surface area contributed by atoms with Crippen LogP contribution in [0.15, 0.2) is 12.1 Å². The van der Waals surface area contributed by atoms with E-state index in [9.17, 15) is 14.7 Å². The number of nitrogens with two attached hydrogens (primary N) is 2. The van der Waals surface area contributed by atoms with Crippen molar-refractivity contribution in [3.05, 3.63) is 22.2 Å². The van der Waals surface area contributed by atoms with Crippen molar-refractivity contribution in [2.45, 2.75) is 12.5 Å². The summed E-state index contributed by atoms with van der Waals surface area (Å²) in [5.74, 6) is -1.57. The summed E-state index contributed by atoms with van der Waals surface area (Å²) in [6.07, 6.45) is -0.272. The van der Waals surface area contributed by atoms with Crippen molar-refractivity contribution < 1.29 is 14.7 Å². The number of phenolic OH excluding ortho intramolecular Hbond substituents is 1. The highest BCUT2D eigenvalue weighted by Crippen LogP contribution is 2.34. The quantitative estimate of drug-likeness (QED) is 0.615. The van der Waals surface area contributed by atoms with Gasteiger partial charge in [0.25, 0.3) is 0 Å². The van der Waals surface area contributed by atoms with Crippen LogP contribution in [0.4, 0.5) is 5.69 Å². The van der Waals surface area contributed by atoms with Gasteiger partial charge in [0.2, 0.25) is 11.8 Å². The lowest BCUT2D eigenvalue weighted by Crippen LogP contribution is -2.38. The molecule has 1 rings (SSSR count). The van der Waals surface area contributed by atoms with E-state index in [1.165, 1.54) is 12.1 Å². The van der Waals surface area contributed by atoms with Crippen LogP contribution >= 0.6 is 23.2 Å². The van der Waals surface area contributed by atoms with Gasteiger partial charge >= 0.3 is 0 Å². The maximum atomic E-state index is 11.6. The minimum absolute atomic E-state index is 0.0127. The van der Waals surface area contributed by atoms with E-state index in [2.05, 4.69) is 5.32 Å². The molecule has 6 nitrogen and oxygen atoms in total. The third-order valence-corrected chi connectivity index (χ3v) is 2.62. The third-order valence-electron chi connectivity index (χ3n) is 2.04. The number of benzene rings is 1. The van der Waals surface area contributed by atoms with E-state index in [1.807, 2.05) is 0 Å². The highest BCUT2D eigenvalue weighted by molar-refractivity contribution is 6.37. The van der Waals surface area contributed by atoms with Crippen molar-refractivity contribution in [3.8, 4) is 5.75 Å². The Labute approximate surface area is 113 Å². The van der Waals surface area contributed by atoms with Crippen molar-refractivity contribution in [2.75, 3.05) is 5.32 Å². The summed E-state index contributed by atoms with van der Waals surface area (Å²) >= 11 is 11.4. The zero-order chi connectivity index (χ0) is 13.9. The third kappa shape index (κ3) is 3.76. The van der Waals surface area contributed by atoms with Gasteiger partial charge in [-0.15, -0.1) is 0 Å². The molecule has 1 unspecified atom stereocenters. The van der Waals surface area contributed by atoms with Crippen molar-refractivity contribution in [1.82, 2.24) is 0 Å². The van der Waals surface area contributed by atoms with E-state index in [4.69, 9.17) is 34.7 Å². The molecule has 0 spiro atoms. The summed E-state index contributed by atoms with van der Waals surface area (Å²) in [7, 11) is 0. The van der Waals surface area contributed by atoms with Crippen molar-refractivity contribution in [2.24, 2.45) is 11.5 Å². The molecule has 0 heterocycles. The molecule has 0 saturated heterocycles. The highest BCUT2D eigenvalue weighted by atomic mass is 35.5. The number of hydrogen-bond acceptors (Lipinski definition) is 4. The number of carbonyl (C=O) groups is 2. The molecular weight excluding hydrogens is 281 g/mol. The molecule has 18 heavy (non-hydrogen) atoms. The first-order chi connectivity index (χ1) is 8.31. The first-order valence-corrected chi connectivity index (χ1v) is 5.59. The number of phenols is 1. The van der Waals surface area contributed by atoms with Gasteiger partial charge in [0.05, 0.1) is 22.5 Å². The zero-order valence-corrected chi connectivity index (χ0v) is 10.6. The fourth-order valence-electron chi connectivity index (χ4n) is 1.18. The molecule has 1 atom stereocenters. The van der Waals surface area contributed by atoms with Gasteiger partial charge in [-0.05, 0) is 12.1 Å². The van der Waals surface area contributed by atoms with Crippen molar-refractivity contribution in [1.29, 1.82) is 0 Å². The van der Waals surface area contributed by atoms with Gasteiger partial charge in [-0.1, -0.05) is 23.2 Å². The molecule has 1 aromatic rings. The maximum absolute atomic E-state index is 11.6. The van der Waals surface area contributed by atoms with Gasteiger partial charge < -0.3 is 21.9 Å². The summed E-state index contributed by atoms with van der Waals surface area (Å²) in [6, 6.07) is 1.55. The number of rotatable bonds is 4. The Morgan fingerprint density at radius 2 is 1.83 bits per heavy atom. The molecular formula is C10H11Cl2N3O3. The molecule has 0 aliphatic heterocycles. The fraction of sp³-hybridized carbons (Fsp3) is 0.200. The van der Waals surface area contributed by atoms with Crippen LogP contribution in [-0.2, 0) is 9.59 Å². The molecule has 8 heteroatoms. The molecule has 1 aromatic carbocycles. The van der Waals surface area contributed by atoms with E-state index < -0.39 is 17.9 Å². The normalized spacial score (nSPS) is 11.9. The summed E-state index contributed by atoms with van der Waals surface area (Å²) in [4.78, 5) is 22.2. The summed E-state index contributed by atoms with van der Waals surface area (Å²) in [6.45, 7) is 0. The van der Waals surface area contributed by atoms with Gasteiger partial charge in [-0.3, -0.25) is 9.59 Å². The van der Waals surface area contributed by atoms with E-state index in [0.29, 0.717) is 0 Å². The van der Waals surface area contributed by atoms with Crippen LogP contribution in [-0.4, -0.2) is 23.0 Å². The lowest BCUT2D eigenvalue weighted by molar-refractivity contribution is -0.123. The average Bonchev–Trinajstić information content (AvgIpc) is 2.24. The number of anilines is 1. The summed E-state index contributed by atoms with van der Waals surface area (Å²) < 4.78 is 0. The number of aromatic hydroxyl groups is 1. The number of carbonyl (C=O) groups excluding carboxylic acids is 2. The van der Waals surface area contributed by atoms with Crippen LogP contribution in [0.2, 0.25) is 10.0 Å². The summed E-state index contributed by atoms with van der Waals surface area (Å²) in [5.41, 5.74) is 10.6. The summed E-state index contributed by atoms with van der Waals surface area (Å²) in [5, 5.41) is 11.7. The molecule has 0 aliphatic carbocycles. The largest absolute Gasteiger partial charge is 0.505 e. The maximum Gasteiger partial charge on any atom is 0.241 e. The van der Waals surface area contributed by atoms with E-state index in [-0.39, 0.29) is 27.9 Å². The predicted octanol–water partition coefficient (Wildman–Crippen LogP) is 0.840. The zero-order valence-electron chi connectivity index (χ0n) is 9.11. The first kappa shape index (κ1) is 14.6. The second-order valence-corrected chi connectivity index (χ2v) is 4.37. The van der Waals surface area contributed by atoms with E-state index in [0.717, 1.165) is 0 Å². The number of halogens is 2. The highest BCUT2D eigenvalue weighted by Gasteiger charge is 2.17. The number of primary amides is 1. The Bertz CT molecular complexity index is 470.